The van der Waals surface area contributed by atoms with Crippen LogP contribution in [0.1, 0.15) is 24.2 Å². The lowest BCUT2D eigenvalue weighted by Gasteiger charge is -2.08. The number of anilines is 1. The molecule has 0 spiro atoms. The van der Waals surface area contributed by atoms with E-state index in [9.17, 15) is 9.59 Å². The van der Waals surface area contributed by atoms with Crippen LogP contribution in [-0.2, 0) is 9.53 Å². The summed E-state index contributed by atoms with van der Waals surface area (Å²) in [5.74, 6) is -0.454. The van der Waals surface area contributed by atoms with Crippen molar-refractivity contribution in [2.24, 2.45) is 10.2 Å². The van der Waals surface area contributed by atoms with E-state index in [0.717, 1.165) is 4.47 Å². The summed E-state index contributed by atoms with van der Waals surface area (Å²) >= 11 is 3.35. The fourth-order valence-electron chi connectivity index (χ4n) is 2.11. The second-order valence-electron chi connectivity index (χ2n) is 5.67. The molecule has 0 aromatic heterocycles. The molecule has 0 aliphatic carbocycles. The van der Waals surface area contributed by atoms with Crippen LogP contribution in [0, 0.1) is 0 Å². The van der Waals surface area contributed by atoms with Crippen molar-refractivity contribution in [3.8, 4) is 5.75 Å². The Kier molecular flexibility index (Phi) is 8.35. The number of nitrogens with zero attached hydrogens (tertiary/aromatic N) is 2. The molecule has 0 radical (unpaired) electrons. The molecule has 0 unspecified atom stereocenters. The first kappa shape index (κ1) is 22.1. The van der Waals surface area contributed by atoms with Gasteiger partial charge in [-0.2, -0.15) is 10.2 Å². The summed E-state index contributed by atoms with van der Waals surface area (Å²) in [5.41, 5.74) is 6.39. The molecule has 29 heavy (non-hydrogen) atoms. The van der Waals surface area contributed by atoms with E-state index < -0.39 is 11.9 Å². The smallest absolute Gasteiger partial charge is 0.360 e. The topological polar surface area (TPSA) is 101 Å². The number of esters is 1. The number of hydrazone groups is 2. The van der Waals surface area contributed by atoms with E-state index in [4.69, 9.17) is 9.47 Å². The van der Waals surface area contributed by atoms with Crippen molar-refractivity contribution in [3.05, 3.63) is 58.6 Å². The second kappa shape index (κ2) is 11.0. The van der Waals surface area contributed by atoms with Gasteiger partial charge in [0, 0.05) is 10.0 Å². The number of amides is 1. The number of benzene rings is 2. The number of hydrogen-bond acceptors (Lipinski definition) is 7. The van der Waals surface area contributed by atoms with Crippen molar-refractivity contribution in [3.63, 3.8) is 0 Å². The van der Waals surface area contributed by atoms with E-state index in [2.05, 4.69) is 37.0 Å². The van der Waals surface area contributed by atoms with Crippen LogP contribution in [0.15, 0.2) is 63.2 Å². The minimum Gasteiger partial charge on any atom is -0.497 e. The molecule has 0 bridgehead atoms. The van der Waals surface area contributed by atoms with E-state index in [1.807, 2.05) is 12.1 Å². The highest BCUT2D eigenvalue weighted by Crippen LogP contribution is 2.14. The predicted octanol–water partition coefficient (Wildman–Crippen LogP) is 3.59. The SMILES string of the molecule is CCOC(=O)C(=NNc1ccc(Br)cc1)C(C)=NNC(=O)c1ccc(OC)cc1. The lowest BCUT2D eigenvalue weighted by molar-refractivity contribution is -0.134. The summed E-state index contributed by atoms with van der Waals surface area (Å²) in [5, 5.41) is 8.07. The first-order chi connectivity index (χ1) is 13.9. The minimum absolute atomic E-state index is 0.0511. The Morgan fingerprint density at radius 2 is 1.69 bits per heavy atom. The van der Waals surface area contributed by atoms with Gasteiger partial charge in [-0.1, -0.05) is 15.9 Å². The number of hydrogen-bond donors (Lipinski definition) is 2. The average molecular weight is 461 g/mol. The van der Waals surface area contributed by atoms with Crippen molar-refractivity contribution < 1.29 is 19.1 Å². The molecule has 2 rings (SSSR count). The Morgan fingerprint density at radius 3 is 2.28 bits per heavy atom. The molecule has 1 amide bonds. The van der Waals surface area contributed by atoms with E-state index >= 15 is 0 Å². The molecule has 0 aliphatic rings. The first-order valence-corrected chi connectivity index (χ1v) is 9.49. The third kappa shape index (κ3) is 6.72. The predicted molar refractivity (Wildman–Crippen MR) is 115 cm³/mol. The first-order valence-electron chi connectivity index (χ1n) is 8.70. The molecule has 0 aliphatic heterocycles. The zero-order valence-corrected chi connectivity index (χ0v) is 17.8. The van der Waals surface area contributed by atoms with Gasteiger partial charge in [0.15, 0.2) is 5.71 Å². The summed E-state index contributed by atoms with van der Waals surface area (Å²) in [7, 11) is 1.54. The summed E-state index contributed by atoms with van der Waals surface area (Å²) in [6, 6.07) is 13.8. The fraction of sp³-hybridized carbons (Fsp3) is 0.200. The second-order valence-corrected chi connectivity index (χ2v) is 6.58. The molecule has 8 nitrogen and oxygen atoms in total. The molecule has 9 heteroatoms. The maximum absolute atomic E-state index is 12.2. The van der Waals surface area contributed by atoms with Crippen LogP contribution in [-0.4, -0.2) is 37.0 Å². The summed E-state index contributed by atoms with van der Waals surface area (Å²) in [4.78, 5) is 24.5. The number of carbonyl (C=O) groups is 2. The normalized spacial score (nSPS) is 11.6. The number of carbonyl (C=O) groups excluding carboxylic acids is 2. The monoisotopic (exact) mass is 460 g/mol. The highest BCUT2D eigenvalue weighted by atomic mass is 79.9. The van der Waals surface area contributed by atoms with Gasteiger partial charge in [0.25, 0.3) is 5.91 Å². The zero-order valence-electron chi connectivity index (χ0n) is 16.2. The van der Waals surface area contributed by atoms with Crippen molar-refractivity contribution in [1.82, 2.24) is 5.43 Å². The Balaban J connectivity index is 2.15. The molecule has 152 valence electrons. The molecule has 2 N–H and O–H groups in total. The van der Waals surface area contributed by atoms with Crippen LogP contribution in [0.4, 0.5) is 5.69 Å². The molecule has 0 saturated carbocycles. The standard InChI is InChI=1S/C20H21BrN4O4/c1-4-29-20(27)18(24-23-16-9-7-15(21)8-10-16)13(2)22-25-19(26)14-5-11-17(28-3)12-6-14/h5-12,23H,4H2,1-3H3,(H,25,26). The van der Waals surface area contributed by atoms with E-state index in [1.54, 1.807) is 57.4 Å². The lowest BCUT2D eigenvalue weighted by atomic mass is 10.2. The average Bonchev–Trinajstić information content (AvgIpc) is 2.73. The number of ether oxygens (including phenoxy) is 2. The van der Waals surface area contributed by atoms with Gasteiger partial charge in [0.2, 0.25) is 0 Å². The summed E-state index contributed by atoms with van der Waals surface area (Å²) in [6.07, 6.45) is 0. The summed E-state index contributed by atoms with van der Waals surface area (Å²) < 4.78 is 11.0. The third-order valence-corrected chi connectivity index (χ3v) is 4.16. The third-order valence-electron chi connectivity index (χ3n) is 3.63. The van der Waals surface area contributed by atoms with Crippen LogP contribution in [0.2, 0.25) is 0 Å². The number of rotatable bonds is 8. The Bertz CT molecular complexity index is 909. The Labute approximate surface area is 177 Å². The molecular formula is C20H21BrN4O4. The van der Waals surface area contributed by atoms with E-state index in [-0.39, 0.29) is 18.0 Å². The highest BCUT2D eigenvalue weighted by Gasteiger charge is 2.17. The van der Waals surface area contributed by atoms with Gasteiger partial charge in [-0.15, -0.1) is 0 Å². The fourth-order valence-corrected chi connectivity index (χ4v) is 2.38. The zero-order chi connectivity index (χ0) is 21.2. The van der Waals surface area contributed by atoms with Crippen molar-refractivity contribution >= 4 is 44.9 Å². The van der Waals surface area contributed by atoms with Gasteiger partial charge >= 0.3 is 5.97 Å². The molecule has 0 fully saturated rings. The number of methoxy groups -OCH3 is 1. The lowest BCUT2D eigenvalue weighted by Crippen LogP contribution is -2.29. The maximum atomic E-state index is 12.2. The largest absolute Gasteiger partial charge is 0.497 e. The maximum Gasteiger partial charge on any atom is 0.360 e. The van der Waals surface area contributed by atoms with E-state index in [1.165, 1.54) is 0 Å². The van der Waals surface area contributed by atoms with Gasteiger partial charge in [0.05, 0.1) is 25.1 Å². The van der Waals surface area contributed by atoms with Crippen LogP contribution >= 0.6 is 15.9 Å². The molecular weight excluding hydrogens is 440 g/mol. The van der Waals surface area contributed by atoms with Crippen molar-refractivity contribution in [1.29, 1.82) is 0 Å². The molecule has 2 aromatic rings. The number of halogens is 1. The molecule has 0 saturated heterocycles. The van der Waals surface area contributed by atoms with Crippen LogP contribution in [0.25, 0.3) is 0 Å². The quantitative estimate of drug-likeness (QED) is 0.356. The van der Waals surface area contributed by atoms with Gasteiger partial charge in [-0.25, -0.2) is 10.2 Å². The van der Waals surface area contributed by atoms with Gasteiger partial charge in [0.1, 0.15) is 5.75 Å². The minimum atomic E-state index is -0.656. The highest BCUT2D eigenvalue weighted by molar-refractivity contribution is 9.10. The van der Waals surface area contributed by atoms with E-state index in [0.29, 0.717) is 17.0 Å². The van der Waals surface area contributed by atoms with Crippen LogP contribution < -0.4 is 15.6 Å². The number of nitrogens with one attached hydrogen (secondary N) is 2. The van der Waals surface area contributed by atoms with Crippen molar-refractivity contribution in [2.45, 2.75) is 13.8 Å². The summed E-state index contributed by atoms with van der Waals surface area (Å²) in [6.45, 7) is 3.42. The Hall–Kier alpha value is -3.20. The molecule has 2 aromatic carbocycles. The van der Waals surface area contributed by atoms with Gasteiger partial charge in [-0.05, 0) is 62.4 Å². The van der Waals surface area contributed by atoms with Crippen molar-refractivity contribution in [2.75, 3.05) is 19.1 Å². The van der Waals surface area contributed by atoms with Gasteiger partial charge in [-0.3, -0.25) is 10.2 Å². The molecule has 0 heterocycles. The van der Waals surface area contributed by atoms with Crippen LogP contribution in [0.5, 0.6) is 5.75 Å². The Morgan fingerprint density at radius 1 is 1.03 bits per heavy atom. The van der Waals surface area contributed by atoms with Crippen LogP contribution in [0.3, 0.4) is 0 Å². The molecule has 0 atom stereocenters. The van der Waals surface area contributed by atoms with Gasteiger partial charge < -0.3 is 9.47 Å².